The molecular formula is C15H24N4. The second-order valence-electron chi connectivity index (χ2n) is 5.39. The molecule has 2 aromatic heterocycles. The molecule has 0 aliphatic rings. The number of hydrogen-bond acceptors (Lipinski definition) is 3. The summed E-state index contributed by atoms with van der Waals surface area (Å²) >= 11 is 0. The maximum absolute atomic E-state index is 5.81. The molecule has 0 aromatic carbocycles. The SMILES string of the molecule is CCn1c(C(C)CCCC(C)N)nc2cnccc21. The summed E-state index contributed by atoms with van der Waals surface area (Å²) in [7, 11) is 0. The summed E-state index contributed by atoms with van der Waals surface area (Å²) in [4.78, 5) is 8.90. The molecule has 2 aromatic rings. The molecule has 2 atom stereocenters. The lowest BCUT2D eigenvalue weighted by Gasteiger charge is -2.14. The molecule has 2 unspecified atom stereocenters. The Morgan fingerprint density at radius 1 is 1.32 bits per heavy atom. The van der Waals surface area contributed by atoms with Crippen molar-refractivity contribution in [3.8, 4) is 0 Å². The van der Waals surface area contributed by atoms with E-state index in [0.717, 1.165) is 31.3 Å². The van der Waals surface area contributed by atoms with Gasteiger partial charge in [0, 0.05) is 24.7 Å². The van der Waals surface area contributed by atoms with Gasteiger partial charge in [0.25, 0.3) is 0 Å². The van der Waals surface area contributed by atoms with Gasteiger partial charge in [0.15, 0.2) is 0 Å². The molecule has 0 aliphatic heterocycles. The number of nitrogens with zero attached hydrogens (tertiary/aromatic N) is 3. The van der Waals surface area contributed by atoms with Crippen molar-refractivity contribution in [3.63, 3.8) is 0 Å². The highest BCUT2D eigenvalue weighted by molar-refractivity contribution is 5.74. The fraction of sp³-hybridized carbons (Fsp3) is 0.600. The Morgan fingerprint density at radius 2 is 2.11 bits per heavy atom. The number of fused-ring (bicyclic) bond motifs is 1. The first-order chi connectivity index (χ1) is 9.13. The van der Waals surface area contributed by atoms with Crippen LogP contribution in [-0.4, -0.2) is 20.6 Å². The summed E-state index contributed by atoms with van der Waals surface area (Å²) in [6.45, 7) is 7.44. The molecule has 0 fully saturated rings. The van der Waals surface area contributed by atoms with Gasteiger partial charge in [0.05, 0.1) is 11.7 Å². The van der Waals surface area contributed by atoms with Crippen molar-refractivity contribution in [2.45, 2.75) is 58.5 Å². The molecule has 2 rings (SSSR count). The lowest BCUT2D eigenvalue weighted by Crippen LogP contribution is -2.14. The zero-order valence-electron chi connectivity index (χ0n) is 12.1. The quantitative estimate of drug-likeness (QED) is 0.868. The first-order valence-corrected chi connectivity index (χ1v) is 7.19. The molecule has 0 saturated heterocycles. The van der Waals surface area contributed by atoms with Crippen LogP contribution in [0.3, 0.4) is 0 Å². The third kappa shape index (κ3) is 3.13. The van der Waals surface area contributed by atoms with Crippen LogP contribution >= 0.6 is 0 Å². The Labute approximate surface area is 115 Å². The predicted octanol–water partition coefficient (Wildman–Crippen LogP) is 3.07. The topological polar surface area (TPSA) is 56.7 Å². The van der Waals surface area contributed by atoms with E-state index in [4.69, 9.17) is 10.7 Å². The molecule has 0 saturated carbocycles. The largest absolute Gasteiger partial charge is 0.328 e. The van der Waals surface area contributed by atoms with E-state index < -0.39 is 0 Å². The Hall–Kier alpha value is -1.42. The number of aromatic nitrogens is 3. The summed E-state index contributed by atoms with van der Waals surface area (Å²) in [6, 6.07) is 2.34. The molecule has 4 nitrogen and oxygen atoms in total. The second-order valence-corrected chi connectivity index (χ2v) is 5.39. The van der Waals surface area contributed by atoms with Gasteiger partial charge >= 0.3 is 0 Å². The third-order valence-corrected chi connectivity index (χ3v) is 3.63. The smallest absolute Gasteiger partial charge is 0.112 e. The predicted molar refractivity (Wildman–Crippen MR) is 79.1 cm³/mol. The molecule has 19 heavy (non-hydrogen) atoms. The molecule has 0 amide bonds. The minimum Gasteiger partial charge on any atom is -0.328 e. The van der Waals surface area contributed by atoms with Crippen molar-refractivity contribution in [2.75, 3.05) is 0 Å². The van der Waals surface area contributed by atoms with Crippen molar-refractivity contribution >= 4 is 11.0 Å². The zero-order chi connectivity index (χ0) is 13.8. The molecule has 2 N–H and O–H groups in total. The normalized spacial score (nSPS) is 14.7. The average Bonchev–Trinajstić information content (AvgIpc) is 2.76. The van der Waals surface area contributed by atoms with E-state index in [0.29, 0.717) is 12.0 Å². The number of rotatable bonds is 6. The lowest BCUT2D eigenvalue weighted by atomic mass is 10.0. The number of nitrogens with two attached hydrogens (primary N) is 1. The van der Waals surface area contributed by atoms with Gasteiger partial charge < -0.3 is 10.3 Å². The summed E-state index contributed by atoms with van der Waals surface area (Å²) in [5, 5.41) is 0. The highest BCUT2D eigenvalue weighted by atomic mass is 15.1. The first kappa shape index (κ1) is 14.0. The van der Waals surface area contributed by atoms with Gasteiger partial charge in [-0.2, -0.15) is 0 Å². The van der Waals surface area contributed by atoms with Gasteiger partial charge in [-0.15, -0.1) is 0 Å². The van der Waals surface area contributed by atoms with Crippen molar-refractivity contribution < 1.29 is 0 Å². The van der Waals surface area contributed by atoms with Gasteiger partial charge in [-0.25, -0.2) is 4.98 Å². The molecule has 0 aliphatic carbocycles. The van der Waals surface area contributed by atoms with E-state index in [9.17, 15) is 0 Å². The van der Waals surface area contributed by atoms with Crippen LogP contribution in [0, 0.1) is 0 Å². The van der Waals surface area contributed by atoms with Gasteiger partial charge in [-0.1, -0.05) is 13.3 Å². The molecule has 4 heteroatoms. The number of aryl methyl sites for hydroxylation is 1. The van der Waals surface area contributed by atoms with Crippen LogP contribution in [0.5, 0.6) is 0 Å². The Bertz CT molecular complexity index is 530. The summed E-state index contributed by atoms with van der Waals surface area (Å²) in [6.07, 6.45) is 7.06. The number of pyridine rings is 1. The zero-order valence-corrected chi connectivity index (χ0v) is 12.1. The monoisotopic (exact) mass is 260 g/mol. The standard InChI is InChI=1S/C15H24N4/c1-4-19-14-8-9-17-10-13(14)18-15(19)11(2)6-5-7-12(3)16/h8-12H,4-7,16H2,1-3H3. The van der Waals surface area contributed by atoms with Crippen molar-refractivity contribution in [2.24, 2.45) is 5.73 Å². The fourth-order valence-corrected chi connectivity index (χ4v) is 2.58. The van der Waals surface area contributed by atoms with Crippen LogP contribution in [0.1, 0.15) is 51.8 Å². The average molecular weight is 260 g/mol. The molecule has 0 radical (unpaired) electrons. The number of imidazole rings is 1. The maximum Gasteiger partial charge on any atom is 0.112 e. The van der Waals surface area contributed by atoms with Crippen molar-refractivity contribution in [3.05, 3.63) is 24.3 Å². The van der Waals surface area contributed by atoms with Crippen LogP contribution in [0.2, 0.25) is 0 Å². The van der Waals surface area contributed by atoms with E-state index in [-0.39, 0.29) is 0 Å². The molecular weight excluding hydrogens is 236 g/mol. The molecule has 2 heterocycles. The minimum absolute atomic E-state index is 0.293. The van der Waals surface area contributed by atoms with Gasteiger partial charge in [0.1, 0.15) is 11.3 Å². The van der Waals surface area contributed by atoms with Gasteiger partial charge in [-0.05, 0) is 32.8 Å². The summed E-state index contributed by atoms with van der Waals surface area (Å²) in [5.74, 6) is 1.64. The van der Waals surface area contributed by atoms with Crippen LogP contribution in [0.25, 0.3) is 11.0 Å². The summed E-state index contributed by atoms with van der Waals surface area (Å²) in [5.41, 5.74) is 7.99. The number of hydrogen-bond donors (Lipinski definition) is 1. The first-order valence-electron chi connectivity index (χ1n) is 7.19. The second kappa shape index (κ2) is 6.15. The fourth-order valence-electron chi connectivity index (χ4n) is 2.58. The molecule has 0 spiro atoms. The van der Waals surface area contributed by atoms with E-state index in [2.05, 4.69) is 30.3 Å². The Kier molecular flexibility index (Phi) is 4.53. The third-order valence-electron chi connectivity index (χ3n) is 3.63. The van der Waals surface area contributed by atoms with Crippen LogP contribution in [0.4, 0.5) is 0 Å². The van der Waals surface area contributed by atoms with Gasteiger partial charge in [-0.3, -0.25) is 4.98 Å². The van der Waals surface area contributed by atoms with E-state index >= 15 is 0 Å². The Morgan fingerprint density at radius 3 is 2.79 bits per heavy atom. The molecule has 0 bridgehead atoms. The van der Waals surface area contributed by atoms with Gasteiger partial charge in [0.2, 0.25) is 0 Å². The molecule has 104 valence electrons. The van der Waals surface area contributed by atoms with Crippen LogP contribution in [-0.2, 0) is 6.54 Å². The van der Waals surface area contributed by atoms with E-state index in [1.54, 1.807) is 0 Å². The maximum atomic E-state index is 5.81. The van der Waals surface area contributed by atoms with E-state index in [1.165, 1.54) is 11.3 Å². The van der Waals surface area contributed by atoms with E-state index in [1.807, 2.05) is 18.5 Å². The van der Waals surface area contributed by atoms with Crippen LogP contribution < -0.4 is 5.73 Å². The van der Waals surface area contributed by atoms with Crippen molar-refractivity contribution in [1.29, 1.82) is 0 Å². The highest BCUT2D eigenvalue weighted by Crippen LogP contribution is 2.25. The summed E-state index contributed by atoms with van der Waals surface area (Å²) < 4.78 is 2.30. The van der Waals surface area contributed by atoms with Crippen LogP contribution in [0.15, 0.2) is 18.5 Å². The van der Waals surface area contributed by atoms with Crippen molar-refractivity contribution in [1.82, 2.24) is 14.5 Å². The Balaban J connectivity index is 2.19. The minimum atomic E-state index is 0.293. The lowest BCUT2D eigenvalue weighted by molar-refractivity contribution is 0.528. The highest BCUT2D eigenvalue weighted by Gasteiger charge is 2.15.